The Morgan fingerprint density at radius 2 is 2.04 bits per heavy atom. The molecule has 0 radical (unpaired) electrons. The number of aliphatic hydroxyl groups excluding tert-OH is 1. The molecule has 126 valence electrons. The van der Waals surface area contributed by atoms with Crippen molar-refractivity contribution in [3.05, 3.63) is 58.4 Å². The minimum atomic E-state index is 0.143. The molecular formula is C19H21ClN2O2. The molecule has 1 heterocycles. The van der Waals surface area contributed by atoms with E-state index in [9.17, 15) is 0 Å². The quantitative estimate of drug-likeness (QED) is 0.726. The fraction of sp³-hybridized carbons (Fsp3) is 0.316. The van der Waals surface area contributed by atoms with Gasteiger partial charge in [0.05, 0.1) is 11.0 Å². The van der Waals surface area contributed by atoms with Gasteiger partial charge in [0.1, 0.15) is 18.2 Å². The Kier molecular flexibility index (Phi) is 5.07. The second-order valence-corrected chi connectivity index (χ2v) is 6.31. The molecule has 3 aromatic rings. The Balaban J connectivity index is 1.91. The van der Waals surface area contributed by atoms with Crippen LogP contribution < -0.4 is 4.74 Å². The molecule has 1 N–H and O–H groups in total. The summed E-state index contributed by atoms with van der Waals surface area (Å²) in [5.74, 6) is 1.70. The van der Waals surface area contributed by atoms with Gasteiger partial charge in [-0.1, -0.05) is 23.7 Å². The summed E-state index contributed by atoms with van der Waals surface area (Å²) >= 11 is 6.08. The van der Waals surface area contributed by atoms with Crippen LogP contribution in [0.2, 0.25) is 5.02 Å². The second kappa shape index (κ2) is 7.24. The highest BCUT2D eigenvalue weighted by Gasteiger charge is 2.12. The highest BCUT2D eigenvalue weighted by molar-refractivity contribution is 6.31. The Morgan fingerprint density at radius 1 is 1.21 bits per heavy atom. The van der Waals surface area contributed by atoms with E-state index >= 15 is 0 Å². The van der Waals surface area contributed by atoms with Crippen molar-refractivity contribution >= 4 is 22.6 Å². The number of aryl methyl sites for hydroxylation is 2. The van der Waals surface area contributed by atoms with Crippen LogP contribution in [0.4, 0.5) is 0 Å². The van der Waals surface area contributed by atoms with Crippen molar-refractivity contribution in [2.24, 2.45) is 0 Å². The van der Waals surface area contributed by atoms with Crippen LogP contribution in [0.3, 0.4) is 0 Å². The number of imidazole rings is 1. The fourth-order valence-corrected chi connectivity index (χ4v) is 2.93. The lowest BCUT2D eigenvalue weighted by atomic mass is 10.1. The second-order valence-electron chi connectivity index (χ2n) is 5.88. The number of nitrogens with zero attached hydrogens (tertiary/aromatic N) is 2. The van der Waals surface area contributed by atoms with E-state index in [-0.39, 0.29) is 6.61 Å². The van der Waals surface area contributed by atoms with E-state index in [1.165, 1.54) is 5.56 Å². The summed E-state index contributed by atoms with van der Waals surface area (Å²) in [6, 6.07) is 11.7. The van der Waals surface area contributed by atoms with E-state index in [0.29, 0.717) is 24.6 Å². The van der Waals surface area contributed by atoms with E-state index in [2.05, 4.69) is 29.5 Å². The molecule has 2 aromatic carbocycles. The van der Waals surface area contributed by atoms with Crippen LogP contribution in [0, 0.1) is 13.8 Å². The van der Waals surface area contributed by atoms with Crippen molar-refractivity contribution in [1.82, 2.24) is 9.55 Å². The zero-order chi connectivity index (χ0) is 17.1. The van der Waals surface area contributed by atoms with Crippen LogP contribution >= 0.6 is 11.6 Å². The number of rotatable bonds is 6. The predicted molar refractivity (Wildman–Crippen MR) is 96.7 cm³/mol. The maximum absolute atomic E-state index is 9.16. The summed E-state index contributed by atoms with van der Waals surface area (Å²) in [5, 5.41) is 9.82. The molecule has 0 aliphatic rings. The Morgan fingerprint density at radius 3 is 2.83 bits per heavy atom. The number of hydrogen-bond acceptors (Lipinski definition) is 3. The number of benzene rings is 2. The first-order chi connectivity index (χ1) is 11.6. The Hall–Kier alpha value is -2.04. The first-order valence-corrected chi connectivity index (χ1v) is 8.42. The highest BCUT2D eigenvalue weighted by atomic mass is 35.5. The number of aromatic nitrogens is 2. The third-order valence-corrected chi connectivity index (χ3v) is 4.48. The lowest BCUT2D eigenvalue weighted by Crippen LogP contribution is -2.09. The van der Waals surface area contributed by atoms with E-state index in [1.807, 2.05) is 30.3 Å². The normalized spacial score (nSPS) is 11.2. The van der Waals surface area contributed by atoms with Gasteiger partial charge in [0.2, 0.25) is 0 Å². The van der Waals surface area contributed by atoms with E-state index in [4.69, 9.17) is 21.4 Å². The zero-order valence-corrected chi connectivity index (χ0v) is 14.7. The smallest absolute Gasteiger partial charge is 0.148 e. The standard InChI is InChI=1S/C19H21ClN2O2/c1-13-5-3-6-18(14(13)2)24-12-19-21-16-11-15(20)7-8-17(16)22(19)9-4-10-23/h3,5-8,11,23H,4,9-10,12H2,1-2H3. The first kappa shape index (κ1) is 16.8. The van der Waals surface area contributed by atoms with Crippen molar-refractivity contribution in [2.75, 3.05) is 6.61 Å². The van der Waals surface area contributed by atoms with E-state index < -0.39 is 0 Å². The molecule has 0 atom stereocenters. The minimum Gasteiger partial charge on any atom is -0.485 e. The van der Waals surface area contributed by atoms with Crippen LogP contribution in [-0.4, -0.2) is 21.3 Å². The molecule has 3 rings (SSSR count). The van der Waals surface area contributed by atoms with Crippen LogP contribution in [0.15, 0.2) is 36.4 Å². The number of ether oxygens (including phenoxy) is 1. The predicted octanol–water partition coefficient (Wildman–Crippen LogP) is 4.27. The molecule has 0 bridgehead atoms. The molecule has 0 fully saturated rings. The maximum atomic E-state index is 9.16. The van der Waals surface area contributed by atoms with Gasteiger partial charge in [-0.3, -0.25) is 0 Å². The lowest BCUT2D eigenvalue weighted by molar-refractivity contribution is 0.269. The molecule has 0 amide bonds. The third kappa shape index (κ3) is 3.40. The van der Waals surface area contributed by atoms with Gasteiger partial charge in [-0.05, 0) is 55.7 Å². The molecule has 5 heteroatoms. The molecular weight excluding hydrogens is 324 g/mol. The average Bonchev–Trinajstić information content (AvgIpc) is 2.90. The molecule has 4 nitrogen and oxygen atoms in total. The summed E-state index contributed by atoms with van der Waals surface area (Å²) in [6.45, 7) is 5.34. The molecule has 0 unspecified atom stereocenters. The van der Waals surface area contributed by atoms with Gasteiger partial charge in [0.25, 0.3) is 0 Å². The zero-order valence-electron chi connectivity index (χ0n) is 13.9. The van der Waals surface area contributed by atoms with Gasteiger partial charge < -0.3 is 14.4 Å². The third-order valence-electron chi connectivity index (χ3n) is 4.24. The Bertz CT molecular complexity index is 858. The minimum absolute atomic E-state index is 0.143. The Labute approximate surface area is 146 Å². The van der Waals surface area contributed by atoms with Gasteiger partial charge in [-0.2, -0.15) is 0 Å². The average molecular weight is 345 g/mol. The van der Waals surface area contributed by atoms with Gasteiger partial charge in [-0.15, -0.1) is 0 Å². The van der Waals surface area contributed by atoms with Crippen molar-refractivity contribution in [3.63, 3.8) is 0 Å². The molecule has 0 spiro atoms. The molecule has 0 aliphatic carbocycles. The van der Waals surface area contributed by atoms with Gasteiger partial charge in [0.15, 0.2) is 0 Å². The molecule has 0 aliphatic heterocycles. The maximum Gasteiger partial charge on any atom is 0.148 e. The van der Waals surface area contributed by atoms with E-state index in [0.717, 1.165) is 28.2 Å². The highest BCUT2D eigenvalue weighted by Crippen LogP contribution is 2.24. The SMILES string of the molecule is Cc1cccc(OCc2nc3cc(Cl)ccc3n2CCCO)c1C. The van der Waals surface area contributed by atoms with Crippen LogP contribution in [0.1, 0.15) is 23.4 Å². The molecule has 0 saturated heterocycles. The number of hydrogen-bond donors (Lipinski definition) is 1. The topological polar surface area (TPSA) is 47.3 Å². The molecule has 1 aromatic heterocycles. The van der Waals surface area contributed by atoms with Crippen LogP contribution in [-0.2, 0) is 13.2 Å². The van der Waals surface area contributed by atoms with Crippen molar-refractivity contribution in [3.8, 4) is 5.75 Å². The number of aliphatic hydroxyl groups is 1. The summed E-state index contributed by atoms with van der Waals surface area (Å²) in [7, 11) is 0. The summed E-state index contributed by atoms with van der Waals surface area (Å²) in [4.78, 5) is 4.67. The molecule has 24 heavy (non-hydrogen) atoms. The number of fused-ring (bicyclic) bond motifs is 1. The van der Waals surface area contributed by atoms with Crippen molar-refractivity contribution in [2.45, 2.75) is 33.4 Å². The fourth-order valence-electron chi connectivity index (χ4n) is 2.76. The summed E-state index contributed by atoms with van der Waals surface area (Å²) in [5.41, 5.74) is 4.19. The van der Waals surface area contributed by atoms with Crippen LogP contribution in [0.5, 0.6) is 5.75 Å². The van der Waals surface area contributed by atoms with Gasteiger partial charge >= 0.3 is 0 Å². The summed E-state index contributed by atoms with van der Waals surface area (Å²) < 4.78 is 8.10. The van der Waals surface area contributed by atoms with E-state index in [1.54, 1.807) is 0 Å². The van der Waals surface area contributed by atoms with Crippen molar-refractivity contribution in [1.29, 1.82) is 0 Å². The first-order valence-electron chi connectivity index (χ1n) is 8.04. The molecule has 0 saturated carbocycles. The number of halogens is 1. The van der Waals surface area contributed by atoms with Gasteiger partial charge in [0, 0.05) is 18.2 Å². The monoisotopic (exact) mass is 344 g/mol. The summed E-state index contributed by atoms with van der Waals surface area (Å²) in [6.07, 6.45) is 0.671. The van der Waals surface area contributed by atoms with Crippen LogP contribution in [0.25, 0.3) is 11.0 Å². The largest absolute Gasteiger partial charge is 0.485 e. The van der Waals surface area contributed by atoms with Gasteiger partial charge in [-0.25, -0.2) is 4.98 Å². The lowest BCUT2D eigenvalue weighted by Gasteiger charge is -2.12. The van der Waals surface area contributed by atoms with Crippen molar-refractivity contribution < 1.29 is 9.84 Å².